The van der Waals surface area contributed by atoms with E-state index >= 15 is 0 Å². The van der Waals surface area contributed by atoms with Gasteiger partial charge in [-0.15, -0.1) is 0 Å². The molecule has 1 amide bonds. The van der Waals surface area contributed by atoms with Gasteiger partial charge in [-0.1, -0.05) is 6.92 Å². The molecule has 0 unspecified atom stereocenters. The number of hydrogen-bond acceptors (Lipinski definition) is 2. The van der Waals surface area contributed by atoms with Crippen molar-refractivity contribution in [2.45, 2.75) is 38.6 Å². The molecule has 86 valence electrons. The Morgan fingerprint density at radius 3 is 2.88 bits per heavy atom. The van der Waals surface area contributed by atoms with Crippen molar-refractivity contribution in [3.05, 3.63) is 23.7 Å². The van der Waals surface area contributed by atoms with Gasteiger partial charge in [0.15, 0.2) is 0 Å². The molecule has 2 aliphatic carbocycles. The standard InChI is InChI=1S/C13H17NO2/c1-8-6-11(8)12-5-4-10(16-12)7-14-13(15)9-2-3-9/h4-5,8-9,11H,2-3,6-7H2,1H3,(H,14,15)/t8-,11+/m1/s1. The summed E-state index contributed by atoms with van der Waals surface area (Å²) in [7, 11) is 0. The van der Waals surface area contributed by atoms with E-state index in [0.29, 0.717) is 12.5 Å². The van der Waals surface area contributed by atoms with Gasteiger partial charge in [-0.2, -0.15) is 0 Å². The summed E-state index contributed by atoms with van der Waals surface area (Å²) in [5.74, 6) is 3.80. The van der Waals surface area contributed by atoms with Gasteiger partial charge in [-0.3, -0.25) is 4.79 Å². The van der Waals surface area contributed by atoms with Crippen molar-refractivity contribution in [1.29, 1.82) is 0 Å². The molecule has 3 nitrogen and oxygen atoms in total. The fourth-order valence-corrected chi connectivity index (χ4v) is 2.07. The molecule has 0 aliphatic heterocycles. The first-order valence-corrected chi connectivity index (χ1v) is 6.10. The Bertz CT molecular complexity index is 406. The summed E-state index contributed by atoms with van der Waals surface area (Å²) in [6.07, 6.45) is 3.34. The van der Waals surface area contributed by atoms with Gasteiger partial charge in [-0.25, -0.2) is 0 Å². The molecule has 2 saturated carbocycles. The van der Waals surface area contributed by atoms with E-state index in [1.165, 1.54) is 6.42 Å². The highest BCUT2D eigenvalue weighted by Crippen LogP contribution is 2.47. The molecule has 1 heterocycles. The van der Waals surface area contributed by atoms with E-state index in [1.807, 2.05) is 12.1 Å². The van der Waals surface area contributed by atoms with Crippen LogP contribution in [0.25, 0.3) is 0 Å². The molecule has 2 atom stereocenters. The lowest BCUT2D eigenvalue weighted by Crippen LogP contribution is -2.23. The van der Waals surface area contributed by atoms with Gasteiger partial charge in [0.2, 0.25) is 5.91 Å². The Kier molecular flexibility index (Phi) is 2.27. The SMILES string of the molecule is C[C@@H]1C[C@@H]1c1ccc(CNC(=O)C2CC2)o1. The van der Waals surface area contributed by atoms with Crippen LogP contribution in [0.2, 0.25) is 0 Å². The molecule has 0 saturated heterocycles. The van der Waals surface area contributed by atoms with Gasteiger partial charge < -0.3 is 9.73 Å². The summed E-state index contributed by atoms with van der Waals surface area (Å²) < 4.78 is 5.71. The van der Waals surface area contributed by atoms with Gasteiger partial charge >= 0.3 is 0 Å². The van der Waals surface area contributed by atoms with Crippen LogP contribution >= 0.6 is 0 Å². The Hall–Kier alpha value is -1.25. The summed E-state index contributed by atoms with van der Waals surface area (Å²) in [6, 6.07) is 4.03. The predicted molar refractivity (Wildman–Crippen MR) is 59.8 cm³/mol. The average Bonchev–Trinajstić information content (AvgIpc) is 3.17. The van der Waals surface area contributed by atoms with Crippen LogP contribution in [0.15, 0.2) is 16.5 Å². The second-order valence-electron chi connectivity index (χ2n) is 5.12. The van der Waals surface area contributed by atoms with E-state index in [2.05, 4.69) is 12.2 Å². The summed E-state index contributed by atoms with van der Waals surface area (Å²) in [4.78, 5) is 11.4. The maximum Gasteiger partial charge on any atom is 0.223 e. The van der Waals surface area contributed by atoms with E-state index in [9.17, 15) is 4.79 Å². The lowest BCUT2D eigenvalue weighted by atomic mass is 10.3. The van der Waals surface area contributed by atoms with Crippen molar-refractivity contribution in [3.63, 3.8) is 0 Å². The molecule has 0 bridgehead atoms. The van der Waals surface area contributed by atoms with Gasteiger partial charge in [0.1, 0.15) is 11.5 Å². The first-order valence-electron chi connectivity index (χ1n) is 6.10. The lowest BCUT2D eigenvalue weighted by Gasteiger charge is -2.00. The minimum Gasteiger partial charge on any atom is -0.464 e. The molecule has 0 radical (unpaired) electrons. The second kappa shape index (κ2) is 3.65. The number of hydrogen-bond donors (Lipinski definition) is 1. The quantitative estimate of drug-likeness (QED) is 0.845. The van der Waals surface area contributed by atoms with Gasteiger partial charge in [-0.05, 0) is 37.3 Å². The molecule has 3 heteroatoms. The molecule has 1 aromatic rings. The molecule has 2 fully saturated rings. The number of carbonyl (C=O) groups excluding carboxylic acids is 1. The summed E-state index contributed by atoms with van der Waals surface area (Å²) in [6.45, 7) is 2.78. The Morgan fingerprint density at radius 2 is 2.25 bits per heavy atom. The highest BCUT2D eigenvalue weighted by Gasteiger charge is 2.36. The highest BCUT2D eigenvalue weighted by atomic mass is 16.3. The Morgan fingerprint density at radius 1 is 1.50 bits per heavy atom. The van der Waals surface area contributed by atoms with E-state index in [4.69, 9.17) is 4.42 Å². The maximum absolute atomic E-state index is 11.4. The Labute approximate surface area is 95.2 Å². The van der Waals surface area contributed by atoms with Crippen molar-refractivity contribution in [1.82, 2.24) is 5.32 Å². The van der Waals surface area contributed by atoms with Crippen LogP contribution in [-0.2, 0) is 11.3 Å². The molecular weight excluding hydrogens is 202 g/mol. The minimum atomic E-state index is 0.178. The molecule has 3 rings (SSSR count). The predicted octanol–water partition coefficient (Wildman–Crippen LogP) is 2.43. The normalized spacial score (nSPS) is 27.8. The van der Waals surface area contributed by atoms with E-state index in [0.717, 1.165) is 30.3 Å². The first-order chi connectivity index (χ1) is 7.74. The van der Waals surface area contributed by atoms with Crippen LogP contribution < -0.4 is 5.32 Å². The number of amides is 1. The van der Waals surface area contributed by atoms with Gasteiger partial charge in [0.05, 0.1) is 6.54 Å². The molecule has 0 spiro atoms. The van der Waals surface area contributed by atoms with Crippen molar-refractivity contribution in [2.75, 3.05) is 0 Å². The van der Waals surface area contributed by atoms with E-state index in [1.54, 1.807) is 0 Å². The van der Waals surface area contributed by atoms with E-state index < -0.39 is 0 Å². The number of rotatable bonds is 4. The zero-order valence-electron chi connectivity index (χ0n) is 9.53. The van der Waals surface area contributed by atoms with Crippen molar-refractivity contribution in [3.8, 4) is 0 Å². The van der Waals surface area contributed by atoms with Crippen LogP contribution in [0.3, 0.4) is 0 Å². The minimum absolute atomic E-state index is 0.178. The Balaban J connectivity index is 1.54. The van der Waals surface area contributed by atoms with Crippen LogP contribution in [0.4, 0.5) is 0 Å². The van der Waals surface area contributed by atoms with Crippen molar-refractivity contribution >= 4 is 5.91 Å². The fourth-order valence-electron chi connectivity index (χ4n) is 2.07. The largest absolute Gasteiger partial charge is 0.464 e. The molecule has 0 aromatic carbocycles. The zero-order chi connectivity index (χ0) is 11.1. The summed E-state index contributed by atoms with van der Waals surface area (Å²) >= 11 is 0. The smallest absolute Gasteiger partial charge is 0.223 e. The molecule has 1 aromatic heterocycles. The first kappa shape index (κ1) is 9.94. The van der Waals surface area contributed by atoms with Crippen molar-refractivity contribution in [2.24, 2.45) is 11.8 Å². The zero-order valence-corrected chi connectivity index (χ0v) is 9.53. The van der Waals surface area contributed by atoms with Crippen molar-refractivity contribution < 1.29 is 9.21 Å². The summed E-state index contributed by atoms with van der Waals surface area (Å²) in [5.41, 5.74) is 0. The topological polar surface area (TPSA) is 42.2 Å². The maximum atomic E-state index is 11.4. The average molecular weight is 219 g/mol. The third kappa shape index (κ3) is 1.99. The number of nitrogens with one attached hydrogen (secondary N) is 1. The van der Waals surface area contributed by atoms with Gasteiger partial charge in [0, 0.05) is 11.8 Å². The third-order valence-electron chi connectivity index (χ3n) is 3.54. The highest BCUT2D eigenvalue weighted by molar-refractivity contribution is 5.80. The lowest BCUT2D eigenvalue weighted by molar-refractivity contribution is -0.122. The summed E-state index contributed by atoms with van der Waals surface area (Å²) in [5, 5.41) is 2.91. The van der Waals surface area contributed by atoms with Crippen LogP contribution in [0, 0.1) is 11.8 Å². The molecule has 2 aliphatic rings. The molecular formula is C13H17NO2. The molecule has 16 heavy (non-hydrogen) atoms. The molecule has 1 N–H and O–H groups in total. The monoisotopic (exact) mass is 219 g/mol. The fraction of sp³-hybridized carbons (Fsp3) is 0.615. The van der Waals surface area contributed by atoms with Crippen LogP contribution in [0.1, 0.15) is 43.6 Å². The second-order valence-corrected chi connectivity index (χ2v) is 5.12. The van der Waals surface area contributed by atoms with Crippen LogP contribution in [0.5, 0.6) is 0 Å². The number of carbonyl (C=O) groups is 1. The van der Waals surface area contributed by atoms with Crippen LogP contribution in [-0.4, -0.2) is 5.91 Å². The number of furan rings is 1. The van der Waals surface area contributed by atoms with Gasteiger partial charge in [0.25, 0.3) is 0 Å². The third-order valence-corrected chi connectivity index (χ3v) is 3.54. The van der Waals surface area contributed by atoms with E-state index in [-0.39, 0.29) is 11.8 Å².